The maximum Gasteiger partial charge on any atom is 0.226 e. The summed E-state index contributed by atoms with van der Waals surface area (Å²) < 4.78 is 0. The van der Waals surface area contributed by atoms with Crippen molar-refractivity contribution in [2.45, 2.75) is 31.9 Å². The van der Waals surface area contributed by atoms with E-state index in [0.717, 1.165) is 21.8 Å². The van der Waals surface area contributed by atoms with Crippen LogP contribution in [0, 0.1) is 6.92 Å². The largest absolute Gasteiger partial charge is 0.378 e. The van der Waals surface area contributed by atoms with Crippen LogP contribution in [0.5, 0.6) is 0 Å². The number of aliphatic hydroxyl groups is 1. The quantitative estimate of drug-likeness (QED) is 0.702. The van der Waals surface area contributed by atoms with E-state index < -0.39 is 11.6 Å². The first-order chi connectivity index (χ1) is 12.5. The molecule has 1 aromatic heterocycles. The van der Waals surface area contributed by atoms with Gasteiger partial charge in [0, 0.05) is 5.38 Å². The molecule has 26 heavy (non-hydrogen) atoms. The van der Waals surface area contributed by atoms with Gasteiger partial charge in [0.05, 0.1) is 23.2 Å². The van der Waals surface area contributed by atoms with E-state index in [0.29, 0.717) is 0 Å². The van der Waals surface area contributed by atoms with Crippen LogP contribution in [0.3, 0.4) is 0 Å². The monoisotopic (exact) mass is 366 g/mol. The standard InChI is InChI=1S/C21H22N2O2S/c1-15(22-20(24)13-19-14-26-16(2)23-19)21(25,17-9-5-3-6-10-17)18-11-7-4-8-12-18/h3-12,14-15,25H,13H2,1-2H3,(H,22,24)/t15-/m1/s1. The molecule has 1 atom stereocenters. The summed E-state index contributed by atoms with van der Waals surface area (Å²) >= 11 is 1.52. The molecule has 4 nitrogen and oxygen atoms in total. The predicted octanol–water partition coefficient (Wildman–Crippen LogP) is 3.43. The number of amides is 1. The zero-order valence-electron chi connectivity index (χ0n) is 14.8. The third-order valence-corrected chi connectivity index (χ3v) is 5.26. The van der Waals surface area contributed by atoms with Crippen molar-refractivity contribution in [2.75, 3.05) is 0 Å². The minimum atomic E-state index is -1.32. The predicted molar refractivity (Wildman–Crippen MR) is 104 cm³/mol. The third kappa shape index (κ3) is 3.84. The Bertz CT molecular complexity index is 822. The number of aryl methyl sites for hydroxylation is 1. The van der Waals surface area contributed by atoms with E-state index in [9.17, 15) is 9.90 Å². The molecule has 134 valence electrons. The van der Waals surface area contributed by atoms with E-state index in [1.54, 1.807) is 0 Å². The van der Waals surface area contributed by atoms with Crippen LogP contribution in [0.15, 0.2) is 66.0 Å². The van der Waals surface area contributed by atoms with E-state index in [-0.39, 0.29) is 12.3 Å². The maximum absolute atomic E-state index is 12.5. The molecule has 0 fully saturated rings. The highest BCUT2D eigenvalue weighted by molar-refractivity contribution is 7.09. The Morgan fingerprint density at radius 1 is 1.12 bits per heavy atom. The first kappa shape index (κ1) is 18.3. The topological polar surface area (TPSA) is 62.2 Å². The van der Waals surface area contributed by atoms with Crippen molar-refractivity contribution < 1.29 is 9.90 Å². The van der Waals surface area contributed by atoms with Crippen molar-refractivity contribution >= 4 is 17.2 Å². The molecule has 5 heteroatoms. The number of hydrogen-bond donors (Lipinski definition) is 2. The van der Waals surface area contributed by atoms with E-state index in [2.05, 4.69) is 10.3 Å². The first-order valence-electron chi connectivity index (χ1n) is 8.54. The van der Waals surface area contributed by atoms with E-state index >= 15 is 0 Å². The summed E-state index contributed by atoms with van der Waals surface area (Å²) in [5.74, 6) is -0.159. The fourth-order valence-corrected chi connectivity index (χ4v) is 3.71. The van der Waals surface area contributed by atoms with Gasteiger partial charge >= 0.3 is 0 Å². The number of hydrogen-bond acceptors (Lipinski definition) is 4. The van der Waals surface area contributed by atoms with Gasteiger partial charge in [-0.2, -0.15) is 0 Å². The van der Waals surface area contributed by atoms with Crippen molar-refractivity contribution in [3.8, 4) is 0 Å². The molecule has 3 aromatic rings. The van der Waals surface area contributed by atoms with Gasteiger partial charge < -0.3 is 10.4 Å². The Balaban J connectivity index is 1.86. The van der Waals surface area contributed by atoms with Crippen LogP contribution in [-0.2, 0) is 16.8 Å². The lowest BCUT2D eigenvalue weighted by molar-refractivity contribution is -0.122. The average Bonchev–Trinajstić information content (AvgIpc) is 3.06. The highest BCUT2D eigenvalue weighted by atomic mass is 32.1. The molecule has 1 heterocycles. The van der Waals surface area contributed by atoms with Gasteiger partial charge in [-0.05, 0) is 25.0 Å². The van der Waals surface area contributed by atoms with Crippen LogP contribution in [0.2, 0.25) is 0 Å². The number of rotatable bonds is 6. The highest BCUT2D eigenvalue weighted by Gasteiger charge is 2.38. The number of nitrogens with one attached hydrogen (secondary N) is 1. The van der Waals surface area contributed by atoms with Gasteiger partial charge in [0.2, 0.25) is 5.91 Å². The molecule has 0 aliphatic heterocycles. The summed E-state index contributed by atoms with van der Waals surface area (Å²) in [6.45, 7) is 3.74. The summed E-state index contributed by atoms with van der Waals surface area (Å²) in [4.78, 5) is 16.8. The average molecular weight is 366 g/mol. The van der Waals surface area contributed by atoms with Crippen molar-refractivity contribution in [1.82, 2.24) is 10.3 Å². The number of carbonyl (C=O) groups is 1. The van der Waals surface area contributed by atoms with Crippen LogP contribution in [0.4, 0.5) is 0 Å². The molecule has 3 rings (SSSR count). The van der Waals surface area contributed by atoms with E-state index in [1.807, 2.05) is 79.9 Å². The number of aromatic nitrogens is 1. The second-order valence-corrected chi connectivity index (χ2v) is 7.38. The SMILES string of the molecule is Cc1nc(CC(=O)N[C@H](C)C(O)(c2ccccc2)c2ccccc2)cs1. The highest BCUT2D eigenvalue weighted by Crippen LogP contribution is 2.33. The normalized spacial score (nSPS) is 12.6. The Hall–Kier alpha value is -2.50. The molecule has 0 radical (unpaired) electrons. The fraction of sp³-hybridized carbons (Fsp3) is 0.238. The smallest absolute Gasteiger partial charge is 0.226 e. The van der Waals surface area contributed by atoms with Gasteiger partial charge in [-0.15, -0.1) is 11.3 Å². The molecule has 0 spiro atoms. The fourth-order valence-electron chi connectivity index (χ4n) is 3.10. The third-order valence-electron chi connectivity index (χ3n) is 4.44. The lowest BCUT2D eigenvalue weighted by Gasteiger charge is -2.35. The van der Waals surface area contributed by atoms with Gasteiger partial charge in [-0.3, -0.25) is 4.79 Å². The molecule has 0 aliphatic carbocycles. The molecule has 0 saturated heterocycles. The molecule has 0 unspecified atom stereocenters. The Morgan fingerprint density at radius 3 is 2.12 bits per heavy atom. The molecular weight excluding hydrogens is 344 g/mol. The second-order valence-electron chi connectivity index (χ2n) is 6.32. The zero-order valence-corrected chi connectivity index (χ0v) is 15.7. The molecule has 1 amide bonds. The summed E-state index contributed by atoms with van der Waals surface area (Å²) in [5.41, 5.74) is 0.906. The summed E-state index contributed by atoms with van der Waals surface area (Å²) in [5, 5.41) is 17.4. The van der Waals surface area contributed by atoms with Gasteiger partial charge in [0.1, 0.15) is 5.60 Å². The van der Waals surface area contributed by atoms with E-state index in [1.165, 1.54) is 11.3 Å². The van der Waals surface area contributed by atoms with Crippen molar-refractivity contribution in [3.63, 3.8) is 0 Å². The number of nitrogens with zero attached hydrogens (tertiary/aromatic N) is 1. The van der Waals surface area contributed by atoms with Gasteiger partial charge in [0.25, 0.3) is 0 Å². The van der Waals surface area contributed by atoms with Crippen LogP contribution in [0.25, 0.3) is 0 Å². The Kier molecular flexibility index (Phi) is 5.49. The summed E-state index contributed by atoms with van der Waals surface area (Å²) in [7, 11) is 0. The first-order valence-corrected chi connectivity index (χ1v) is 9.42. The molecule has 2 N–H and O–H groups in total. The van der Waals surface area contributed by atoms with Crippen molar-refractivity contribution in [1.29, 1.82) is 0 Å². The summed E-state index contributed by atoms with van der Waals surface area (Å²) in [6, 6.07) is 18.3. The van der Waals surface area contributed by atoms with Gasteiger partial charge in [-0.25, -0.2) is 4.98 Å². The van der Waals surface area contributed by atoms with Crippen LogP contribution in [0.1, 0.15) is 28.8 Å². The van der Waals surface area contributed by atoms with Crippen molar-refractivity contribution in [2.24, 2.45) is 0 Å². The van der Waals surface area contributed by atoms with Crippen LogP contribution in [-0.4, -0.2) is 22.0 Å². The van der Waals surface area contributed by atoms with Crippen LogP contribution >= 0.6 is 11.3 Å². The molecular formula is C21H22N2O2S. The molecule has 2 aromatic carbocycles. The molecule has 0 saturated carbocycles. The number of thiazole rings is 1. The Morgan fingerprint density at radius 2 is 1.65 bits per heavy atom. The number of carbonyl (C=O) groups excluding carboxylic acids is 1. The zero-order chi connectivity index (χ0) is 18.6. The lowest BCUT2D eigenvalue weighted by Crippen LogP contribution is -2.50. The van der Waals surface area contributed by atoms with Gasteiger partial charge in [-0.1, -0.05) is 60.7 Å². The summed E-state index contributed by atoms with van der Waals surface area (Å²) in [6.07, 6.45) is 0.203. The lowest BCUT2D eigenvalue weighted by atomic mass is 9.80. The van der Waals surface area contributed by atoms with Crippen molar-refractivity contribution in [3.05, 3.63) is 87.9 Å². The molecule has 0 aliphatic rings. The van der Waals surface area contributed by atoms with Crippen LogP contribution < -0.4 is 5.32 Å². The maximum atomic E-state index is 12.5. The minimum Gasteiger partial charge on any atom is -0.378 e. The van der Waals surface area contributed by atoms with E-state index in [4.69, 9.17) is 0 Å². The molecule has 0 bridgehead atoms. The second kappa shape index (κ2) is 7.81. The van der Waals surface area contributed by atoms with Gasteiger partial charge in [0.15, 0.2) is 0 Å². The number of benzene rings is 2. The Labute approximate surface area is 157 Å². The minimum absolute atomic E-state index is 0.159.